The lowest BCUT2D eigenvalue weighted by atomic mass is 9.91. The molecule has 0 fully saturated rings. The number of aromatic nitrogens is 1. The van der Waals surface area contributed by atoms with Crippen LogP contribution in [0.1, 0.15) is 12.5 Å². The summed E-state index contributed by atoms with van der Waals surface area (Å²) in [5.41, 5.74) is 6.83. The lowest BCUT2D eigenvalue weighted by Gasteiger charge is -2.30. The number of nitrogens with one attached hydrogen (secondary N) is 1. The molecule has 168 valence electrons. The molecule has 3 aromatic rings. The second-order valence-corrected chi connectivity index (χ2v) is 7.64. The maximum absolute atomic E-state index is 14.6. The van der Waals surface area contributed by atoms with Crippen LogP contribution in [0.5, 0.6) is 5.75 Å². The normalized spacial score (nSPS) is 19.0. The fourth-order valence-corrected chi connectivity index (χ4v) is 3.53. The number of halogens is 4. The largest absolute Gasteiger partial charge is 0.482 e. The van der Waals surface area contributed by atoms with Gasteiger partial charge in [-0.1, -0.05) is 12.1 Å². The number of pyridine rings is 1. The number of nitrogens with zero attached hydrogens (tertiary/aromatic N) is 2. The molecule has 6 nitrogen and oxygen atoms in total. The molecule has 0 spiro atoms. The molecule has 3 N–H and O–H groups in total. The summed E-state index contributed by atoms with van der Waals surface area (Å²) in [5, 5.41) is 3.77. The smallest absolute Gasteiger partial charge is 0.422 e. The van der Waals surface area contributed by atoms with E-state index in [9.17, 15) is 17.6 Å². The highest BCUT2D eigenvalue weighted by Gasteiger charge is 2.33. The first-order valence-corrected chi connectivity index (χ1v) is 9.70. The minimum atomic E-state index is -4.44. The summed E-state index contributed by atoms with van der Waals surface area (Å²) in [6.45, 7) is 0.727. The summed E-state index contributed by atoms with van der Waals surface area (Å²) in [6.07, 6.45) is -3.21. The molecule has 0 radical (unpaired) electrons. The van der Waals surface area contributed by atoms with Crippen LogP contribution in [0.2, 0.25) is 0 Å². The van der Waals surface area contributed by atoms with E-state index in [1.165, 1.54) is 18.3 Å². The molecule has 2 aromatic carbocycles. The van der Waals surface area contributed by atoms with Gasteiger partial charge in [-0.25, -0.2) is 4.39 Å². The van der Waals surface area contributed by atoms with Crippen molar-refractivity contribution in [3.63, 3.8) is 0 Å². The summed E-state index contributed by atoms with van der Waals surface area (Å²) < 4.78 is 62.0. The third-order valence-corrected chi connectivity index (χ3v) is 4.94. The average Bonchev–Trinajstić information content (AvgIpc) is 2.73. The second kappa shape index (κ2) is 8.27. The molecular formula is C22H20F4N4O2. The van der Waals surface area contributed by atoms with Crippen LogP contribution in [0.4, 0.5) is 28.9 Å². The third-order valence-electron chi connectivity index (χ3n) is 4.94. The van der Waals surface area contributed by atoms with Gasteiger partial charge in [-0.15, -0.1) is 0 Å². The number of anilines is 2. The Balaban J connectivity index is 1.63. The number of rotatable bonds is 5. The van der Waals surface area contributed by atoms with Crippen molar-refractivity contribution in [2.45, 2.75) is 18.6 Å². The minimum absolute atomic E-state index is 0.0108. The monoisotopic (exact) mass is 448 g/mol. The lowest BCUT2D eigenvalue weighted by Crippen LogP contribution is -2.38. The molecule has 2 heterocycles. The van der Waals surface area contributed by atoms with Crippen molar-refractivity contribution in [2.75, 3.05) is 25.1 Å². The summed E-state index contributed by atoms with van der Waals surface area (Å²) >= 11 is 0. The van der Waals surface area contributed by atoms with Crippen LogP contribution in [-0.4, -0.2) is 36.8 Å². The van der Waals surface area contributed by atoms with Crippen molar-refractivity contribution < 1.29 is 27.0 Å². The molecule has 32 heavy (non-hydrogen) atoms. The van der Waals surface area contributed by atoms with Crippen LogP contribution in [-0.2, 0) is 10.3 Å². The van der Waals surface area contributed by atoms with Crippen LogP contribution in [0.25, 0.3) is 10.9 Å². The predicted octanol–water partition coefficient (Wildman–Crippen LogP) is 4.66. The van der Waals surface area contributed by atoms with E-state index in [0.717, 1.165) is 0 Å². The van der Waals surface area contributed by atoms with E-state index < -0.39 is 24.1 Å². The number of fused-ring (bicyclic) bond motifs is 1. The van der Waals surface area contributed by atoms with Crippen molar-refractivity contribution in [3.8, 4) is 5.75 Å². The maximum atomic E-state index is 14.6. The van der Waals surface area contributed by atoms with E-state index >= 15 is 0 Å². The Hall–Kier alpha value is -3.40. The highest BCUT2D eigenvalue weighted by molar-refractivity contribution is 5.92. The molecule has 0 aliphatic carbocycles. The van der Waals surface area contributed by atoms with Gasteiger partial charge in [-0.2, -0.15) is 13.2 Å². The van der Waals surface area contributed by atoms with Gasteiger partial charge >= 0.3 is 6.18 Å². The van der Waals surface area contributed by atoms with Gasteiger partial charge in [0.15, 0.2) is 6.61 Å². The molecule has 0 amide bonds. The zero-order valence-corrected chi connectivity index (χ0v) is 17.0. The number of ether oxygens (including phenoxy) is 2. The molecule has 1 aliphatic heterocycles. The van der Waals surface area contributed by atoms with Gasteiger partial charge in [-0.3, -0.25) is 9.98 Å². The molecule has 1 atom stereocenters. The van der Waals surface area contributed by atoms with Crippen LogP contribution >= 0.6 is 0 Å². The number of nitrogens with two attached hydrogens (primary N) is 1. The van der Waals surface area contributed by atoms with Crippen LogP contribution in [0, 0.1) is 5.82 Å². The fourth-order valence-electron chi connectivity index (χ4n) is 3.53. The van der Waals surface area contributed by atoms with E-state index in [1.807, 2.05) is 0 Å². The Bertz CT molecular complexity index is 1180. The van der Waals surface area contributed by atoms with E-state index in [0.29, 0.717) is 33.7 Å². The zero-order valence-electron chi connectivity index (χ0n) is 17.0. The highest BCUT2D eigenvalue weighted by Crippen LogP contribution is 2.34. The summed E-state index contributed by atoms with van der Waals surface area (Å²) in [6, 6.07) is 11.2. The van der Waals surface area contributed by atoms with Gasteiger partial charge in [0.1, 0.15) is 29.5 Å². The molecular weight excluding hydrogens is 428 g/mol. The van der Waals surface area contributed by atoms with Gasteiger partial charge in [-0.05, 0) is 37.3 Å². The Kier molecular flexibility index (Phi) is 5.64. The Morgan fingerprint density at radius 1 is 1.22 bits per heavy atom. The standard InChI is InChI=1S/C22H20F4N4O2/c1-21(11-31-10-19(27)30-21)16-8-14(5-6-17(16)23)29-18-4-2-3-13-7-15(9-28-20(13)18)32-12-22(24,25)26/h2-9,29H,10-12H2,1H3,(H2,27,30)/t21-/m0/s1. The van der Waals surface area contributed by atoms with Crippen molar-refractivity contribution in [1.29, 1.82) is 0 Å². The lowest BCUT2D eigenvalue weighted by molar-refractivity contribution is -0.153. The molecule has 0 bridgehead atoms. The van der Waals surface area contributed by atoms with Crippen molar-refractivity contribution in [2.24, 2.45) is 10.7 Å². The van der Waals surface area contributed by atoms with Crippen LogP contribution in [0.3, 0.4) is 0 Å². The van der Waals surface area contributed by atoms with Crippen molar-refractivity contribution >= 4 is 28.1 Å². The van der Waals surface area contributed by atoms with Crippen molar-refractivity contribution in [1.82, 2.24) is 4.98 Å². The zero-order chi connectivity index (χ0) is 22.9. The number of hydrogen-bond donors (Lipinski definition) is 2. The maximum Gasteiger partial charge on any atom is 0.422 e. The molecule has 10 heteroatoms. The quantitative estimate of drug-likeness (QED) is 0.555. The number of para-hydroxylation sites is 1. The molecule has 0 saturated heterocycles. The van der Waals surface area contributed by atoms with Gasteiger partial charge in [0.2, 0.25) is 0 Å². The first-order valence-electron chi connectivity index (χ1n) is 9.70. The number of alkyl halides is 3. The van der Waals surface area contributed by atoms with E-state index in [1.54, 1.807) is 37.3 Å². The summed E-state index contributed by atoms with van der Waals surface area (Å²) in [7, 11) is 0. The van der Waals surface area contributed by atoms with E-state index in [4.69, 9.17) is 15.2 Å². The molecule has 1 aromatic heterocycles. The van der Waals surface area contributed by atoms with Crippen molar-refractivity contribution in [3.05, 3.63) is 60.0 Å². The highest BCUT2D eigenvalue weighted by atomic mass is 19.4. The molecule has 0 saturated carbocycles. The number of hydrogen-bond acceptors (Lipinski definition) is 6. The van der Waals surface area contributed by atoms with E-state index in [2.05, 4.69) is 15.3 Å². The van der Waals surface area contributed by atoms with E-state index in [-0.39, 0.29) is 19.0 Å². The first-order chi connectivity index (χ1) is 15.1. The SMILES string of the molecule is C[C@@]1(c2cc(Nc3cccc4cc(OCC(F)(F)F)cnc34)ccc2F)COCC(N)=N1. The molecule has 1 aliphatic rings. The molecule has 4 rings (SSSR count). The third kappa shape index (κ3) is 4.75. The number of benzene rings is 2. The van der Waals surface area contributed by atoms with Gasteiger partial charge in [0.25, 0.3) is 0 Å². The number of amidine groups is 1. The Labute approximate surface area is 181 Å². The van der Waals surface area contributed by atoms with Crippen LogP contribution in [0.15, 0.2) is 53.7 Å². The Morgan fingerprint density at radius 3 is 2.78 bits per heavy atom. The van der Waals surface area contributed by atoms with Gasteiger partial charge in [0, 0.05) is 16.6 Å². The first kappa shape index (κ1) is 21.8. The number of aliphatic imine (C=N–C) groups is 1. The molecule has 0 unspecified atom stereocenters. The van der Waals surface area contributed by atoms with Gasteiger partial charge < -0.3 is 20.5 Å². The average molecular weight is 448 g/mol. The topological polar surface area (TPSA) is 81.8 Å². The second-order valence-electron chi connectivity index (χ2n) is 7.64. The minimum Gasteiger partial charge on any atom is -0.482 e. The van der Waals surface area contributed by atoms with Gasteiger partial charge in [0.05, 0.1) is 24.0 Å². The predicted molar refractivity (Wildman–Crippen MR) is 113 cm³/mol. The Morgan fingerprint density at radius 2 is 2.03 bits per heavy atom. The summed E-state index contributed by atoms with van der Waals surface area (Å²) in [4.78, 5) is 8.63. The summed E-state index contributed by atoms with van der Waals surface area (Å²) in [5.74, 6) is -0.141. The fraction of sp³-hybridized carbons (Fsp3) is 0.273. The van der Waals surface area contributed by atoms with Crippen LogP contribution < -0.4 is 15.8 Å².